The molecule has 2 N–H and O–H groups in total. The zero-order valence-electron chi connectivity index (χ0n) is 15.0. The van der Waals surface area contributed by atoms with Gasteiger partial charge >= 0.3 is 0 Å². The van der Waals surface area contributed by atoms with E-state index in [1.807, 2.05) is 0 Å². The first-order chi connectivity index (χ1) is 9.60. The Bertz CT molecular complexity index is 472. The molecule has 0 fully saturated rings. The van der Waals surface area contributed by atoms with Crippen molar-refractivity contribution in [1.29, 1.82) is 0 Å². The van der Waals surface area contributed by atoms with Crippen LogP contribution in [0.4, 0.5) is 11.6 Å². The molecule has 0 saturated carbocycles. The second-order valence-electron chi connectivity index (χ2n) is 7.41. The molecule has 4 heteroatoms. The number of rotatable bonds is 6. The van der Waals surface area contributed by atoms with Crippen LogP contribution in [0.3, 0.4) is 0 Å². The van der Waals surface area contributed by atoms with Crippen LogP contribution in [0, 0.1) is 6.92 Å². The smallest absolute Gasteiger partial charge is 0.138 e. The second-order valence-corrected chi connectivity index (χ2v) is 7.41. The highest BCUT2D eigenvalue weighted by molar-refractivity contribution is 5.58. The van der Waals surface area contributed by atoms with Gasteiger partial charge in [-0.15, -0.1) is 0 Å². The fourth-order valence-corrected chi connectivity index (χ4v) is 1.80. The predicted octanol–water partition coefficient (Wildman–Crippen LogP) is 4.50. The maximum absolute atomic E-state index is 4.78. The van der Waals surface area contributed by atoms with Gasteiger partial charge in [-0.1, -0.05) is 34.6 Å². The fraction of sp³-hybridized carbons (Fsp3) is 0.765. The molecule has 1 heterocycles. The van der Waals surface area contributed by atoms with Crippen molar-refractivity contribution in [3.8, 4) is 0 Å². The normalized spacial score (nSPS) is 12.4. The summed E-state index contributed by atoms with van der Waals surface area (Å²) in [5.41, 5.74) is 1.05. The standard InChI is InChI=1S/C17H32N4/c1-9-11-18-13-12(3)14(21-17(7,8)10-2)20-15(19-13)16(4,5)6/h9-11H2,1-8H3,(H2,18,19,20,21). The summed E-state index contributed by atoms with van der Waals surface area (Å²) in [6, 6.07) is 0. The summed E-state index contributed by atoms with van der Waals surface area (Å²) in [6.07, 6.45) is 2.12. The highest BCUT2D eigenvalue weighted by atomic mass is 15.1. The Balaban J connectivity index is 3.27. The van der Waals surface area contributed by atoms with Crippen LogP contribution < -0.4 is 10.6 Å². The topological polar surface area (TPSA) is 49.8 Å². The van der Waals surface area contributed by atoms with Crippen LogP contribution >= 0.6 is 0 Å². The van der Waals surface area contributed by atoms with E-state index < -0.39 is 0 Å². The second kappa shape index (κ2) is 6.63. The Hall–Kier alpha value is -1.32. The zero-order chi connectivity index (χ0) is 16.3. The predicted molar refractivity (Wildman–Crippen MR) is 92.2 cm³/mol. The molecule has 1 aromatic rings. The van der Waals surface area contributed by atoms with Crippen LogP contribution in [-0.2, 0) is 5.41 Å². The number of nitrogens with zero attached hydrogens (tertiary/aromatic N) is 2. The van der Waals surface area contributed by atoms with E-state index in [-0.39, 0.29) is 11.0 Å². The molecule has 1 aromatic heterocycles. The van der Waals surface area contributed by atoms with Crippen molar-refractivity contribution >= 4 is 11.6 Å². The maximum atomic E-state index is 4.78. The molecule has 0 aromatic carbocycles. The van der Waals surface area contributed by atoms with Crippen LogP contribution in [0.5, 0.6) is 0 Å². The van der Waals surface area contributed by atoms with Crippen LogP contribution in [0.2, 0.25) is 0 Å². The molecule has 0 radical (unpaired) electrons. The van der Waals surface area contributed by atoms with E-state index in [1.54, 1.807) is 0 Å². The lowest BCUT2D eigenvalue weighted by Gasteiger charge is -2.28. The highest BCUT2D eigenvalue weighted by Crippen LogP contribution is 2.28. The van der Waals surface area contributed by atoms with Crippen molar-refractivity contribution in [2.45, 2.75) is 79.2 Å². The Labute approximate surface area is 130 Å². The van der Waals surface area contributed by atoms with E-state index in [9.17, 15) is 0 Å². The van der Waals surface area contributed by atoms with Gasteiger partial charge < -0.3 is 10.6 Å². The van der Waals surface area contributed by atoms with Gasteiger partial charge in [-0.2, -0.15) is 0 Å². The third kappa shape index (κ3) is 4.87. The summed E-state index contributed by atoms with van der Waals surface area (Å²) in [6.45, 7) is 18.2. The molecular formula is C17H32N4. The molecule has 0 aliphatic carbocycles. The van der Waals surface area contributed by atoms with Gasteiger partial charge in [0.15, 0.2) is 0 Å². The molecule has 0 aliphatic heterocycles. The van der Waals surface area contributed by atoms with Crippen LogP contribution in [0.1, 0.15) is 72.7 Å². The van der Waals surface area contributed by atoms with Crippen LogP contribution in [0.15, 0.2) is 0 Å². The monoisotopic (exact) mass is 292 g/mol. The van der Waals surface area contributed by atoms with Gasteiger partial charge in [-0.05, 0) is 33.6 Å². The molecule has 0 unspecified atom stereocenters. The van der Waals surface area contributed by atoms with Crippen molar-refractivity contribution in [2.75, 3.05) is 17.2 Å². The SMILES string of the molecule is CCCNc1nc(C(C)(C)C)nc(NC(C)(C)CC)c1C. The van der Waals surface area contributed by atoms with Gasteiger partial charge in [0.2, 0.25) is 0 Å². The molecule has 0 aliphatic rings. The molecule has 0 atom stereocenters. The number of nitrogens with one attached hydrogen (secondary N) is 2. The molecule has 0 amide bonds. The van der Waals surface area contributed by atoms with Gasteiger partial charge in [0.05, 0.1) is 0 Å². The minimum Gasteiger partial charge on any atom is -0.370 e. The largest absolute Gasteiger partial charge is 0.370 e. The summed E-state index contributed by atoms with van der Waals surface area (Å²) < 4.78 is 0. The number of hydrogen-bond acceptors (Lipinski definition) is 4. The van der Waals surface area contributed by atoms with Crippen LogP contribution in [0.25, 0.3) is 0 Å². The highest BCUT2D eigenvalue weighted by Gasteiger charge is 2.23. The first-order valence-corrected chi connectivity index (χ1v) is 8.02. The zero-order valence-corrected chi connectivity index (χ0v) is 15.0. The Morgan fingerprint density at radius 1 is 0.952 bits per heavy atom. The first-order valence-electron chi connectivity index (χ1n) is 8.02. The minimum atomic E-state index is -0.0663. The Morgan fingerprint density at radius 3 is 2.00 bits per heavy atom. The molecule has 120 valence electrons. The van der Waals surface area contributed by atoms with Crippen molar-refractivity contribution in [1.82, 2.24) is 9.97 Å². The Kier molecular flexibility index (Phi) is 5.60. The lowest BCUT2D eigenvalue weighted by Crippen LogP contribution is -2.31. The molecule has 0 spiro atoms. The third-order valence-electron chi connectivity index (χ3n) is 3.70. The summed E-state index contributed by atoms with van der Waals surface area (Å²) in [5.74, 6) is 2.77. The summed E-state index contributed by atoms with van der Waals surface area (Å²) in [4.78, 5) is 9.52. The van der Waals surface area contributed by atoms with Gasteiger partial charge in [0.25, 0.3) is 0 Å². The van der Waals surface area contributed by atoms with Crippen LogP contribution in [-0.4, -0.2) is 22.1 Å². The summed E-state index contributed by atoms with van der Waals surface area (Å²) in [5, 5.41) is 7.00. The van der Waals surface area contributed by atoms with Crippen molar-refractivity contribution in [3.63, 3.8) is 0 Å². The third-order valence-corrected chi connectivity index (χ3v) is 3.70. The molecule has 0 bridgehead atoms. The van der Waals surface area contributed by atoms with Crippen molar-refractivity contribution < 1.29 is 0 Å². The lowest BCUT2D eigenvalue weighted by atomic mass is 9.95. The van der Waals surface area contributed by atoms with E-state index >= 15 is 0 Å². The average Bonchev–Trinajstić information content (AvgIpc) is 2.38. The quantitative estimate of drug-likeness (QED) is 0.810. The number of hydrogen-bond donors (Lipinski definition) is 2. The molecule has 0 saturated heterocycles. The van der Waals surface area contributed by atoms with Gasteiger partial charge in [-0.3, -0.25) is 0 Å². The number of anilines is 2. The minimum absolute atomic E-state index is 0.0241. The van der Waals surface area contributed by atoms with Gasteiger partial charge in [-0.25, -0.2) is 9.97 Å². The van der Waals surface area contributed by atoms with E-state index in [4.69, 9.17) is 9.97 Å². The molecule has 4 nitrogen and oxygen atoms in total. The summed E-state index contributed by atoms with van der Waals surface area (Å²) >= 11 is 0. The number of aromatic nitrogens is 2. The average molecular weight is 292 g/mol. The van der Waals surface area contributed by atoms with Crippen molar-refractivity contribution in [3.05, 3.63) is 11.4 Å². The Morgan fingerprint density at radius 2 is 1.52 bits per heavy atom. The molecule has 21 heavy (non-hydrogen) atoms. The first kappa shape index (κ1) is 17.7. The lowest BCUT2D eigenvalue weighted by molar-refractivity contribution is 0.529. The summed E-state index contributed by atoms with van der Waals surface area (Å²) in [7, 11) is 0. The van der Waals surface area contributed by atoms with Gasteiger partial charge in [0.1, 0.15) is 17.5 Å². The van der Waals surface area contributed by atoms with E-state index in [0.29, 0.717) is 0 Å². The van der Waals surface area contributed by atoms with E-state index in [0.717, 1.165) is 42.4 Å². The molecular weight excluding hydrogens is 260 g/mol. The van der Waals surface area contributed by atoms with Crippen molar-refractivity contribution in [2.24, 2.45) is 0 Å². The van der Waals surface area contributed by atoms with Gasteiger partial charge in [0, 0.05) is 23.1 Å². The van der Waals surface area contributed by atoms with E-state index in [2.05, 4.69) is 66.0 Å². The fourth-order valence-electron chi connectivity index (χ4n) is 1.80. The van der Waals surface area contributed by atoms with E-state index in [1.165, 1.54) is 0 Å². The molecule has 1 rings (SSSR count). The maximum Gasteiger partial charge on any atom is 0.138 e.